The summed E-state index contributed by atoms with van der Waals surface area (Å²) in [6, 6.07) is 18.8. The molecule has 0 aromatic heterocycles. The summed E-state index contributed by atoms with van der Waals surface area (Å²) in [5, 5.41) is 2.68. The number of morpholine rings is 1. The van der Waals surface area contributed by atoms with Gasteiger partial charge in [0.15, 0.2) is 0 Å². The van der Waals surface area contributed by atoms with Gasteiger partial charge in [-0.05, 0) is 67.6 Å². The van der Waals surface area contributed by atoms with Gasteiger partial charge in [0.25, 0.3) is 10.0 Å². The van der Waals surface area contributed by atoms with Crippen LogP contribution in [0.5, 0.6) is 11.5 Å². The number of methoxy groups -OCH3 is 1. The summed E-state index contributed by atoms with van der Waals surface area (Å²) in [6.45, 7) is 2.95. The van der Waals surface area contributed by atoms with Crippen LogP contribution in [0.2, 0.25) is 0 Å². The molecule has 1 heterocycles. The van der Waals surface area contributed by atoms with Crippen molar-refractivity contribution in [3.8, 4) is 11.5 Å². The van der Waals surface area contributed by atoms with Gasteiger partial charge in [0.05, 0.1) is 42.3 Å². The highest BCUT2D eigenvalue weighted by atomic mass is 32.2. The van der Waals surface area contributed by atoms with Crippen molar-refractivity contribution >= 4 is 31.6 Å². The molecule has 3 aromatic rings. The van der Waals surface area contributed by atoms with E-state index in [0.29, 0.717) is 43.5 Å². The van der Waals surface area contributed by atoms with E-state index in [1.807, 2.05) is 6.92 Å². The number of nitrogens with zero attached hydrogens (tertiary/aromatic N) is 2. The second-order valence-corrected chi connectivity index (χ2v) is 13.0. The van der Waals surface area contributed by atoms with E-state index < -0.39 is 32.5 Å². The van der Waals surface area contributed by atoms with Crippen molar-refractivity contribution in [2.45, 2.75) is 16.7 Å². The van der Waals surface area contributed by atoms with Crippen LogP contribution in [0.4, 0.5) is 5.69 Å². The number of ether oxygens (including phenoxy) is 3. The van der Waals surface area contributed by atoms with E-state index in [1.54, 1.807) is 48.5 Å². The summed E-state index contributed by atoms with van der Waals surface area (Å²) in [7, 11) is -6.14. The van der Waals surface area contributed by atoms with Crippen LogP contribution in [0, 0.1) is 6.92 Å². The minimum absolute atomic E-state index is 0.0640. The number of hydrogen-bond acceptors (Lipinski definition) is 8. The zero-order valence-corrected chi connectivity index (χ0v) is 24.5. The van der Waals surface area contributed by atoms with Crippen LogP contribution in [0.3, 0.4) is 0 Å². The number of anilines is 1. The van der Waals surface area contributed by atoms with Gasteiger partial charge in [0, 0.05) is 13.1 Å². The summed E-state index contributed by atoms with van der Waals surface area (Å²) in [6.07, 6.45) is 0. The maximum absolute atomic E-state index is 13.5. The van der Waals surface area contributed by atoms with Crippen molar-refractivity contribution in [2.75, 3.05) is 57.4 Å². The minimum Gasteiger partial charge on any atom is -0.497 e. The second kappa shape index (κ2) is 13.3. The molecule has 220 valence electrons. The molecule has 11 nitrogen and oxygen atoms in total. The number of benzene rings is 3. The van der Waals surface area contributed by atoms with Crippen molar-refractivity contribution < 1.29 is 35.8 Å². The van der Waals surface area contributed by atoms with Gasteiger partial charge in [0.1, 0.15) is 24.7 Å². The normalized spacial score (nSPS) is 14.3. The van der Waals surface area contributed by atoms with Crippen molar-refractivity contribution in [1.82, 2.24) is 9.62 Å². The Morgan fingerprint density at radius 3 is 2.07 bits per heavy atom. The molecule has 4 rings (SSSR count). The standard InChI is InChI=1S/C28H33N3O8S2/c1-22-3-11-27(12-4-22)41(35,36)31(23-5-7-24(37-2)8-6-23)21-28(32)29-15-18-39-25-9-13-26(14-10-25)40(33,34)30-16-19-38-20-17-30/h3-14H,15-21H2,1-2H3,(H,29,32). The van der Waals surface area contributed by atoms with Gasteiger partial charge < -0.3 is 19.5 Å². The lowest BCUT2D eigenvalue weighted by Crippen LogP contribution is -2.41. The van der Waals surface area contributed by atoms with Gasteiger partial charge >= 0.3 is 0 Å². The minimum atomic E-state index is -4.04. The third kappa shape index (κ3) is 7.55. The van der Waals surface area contributed by atoms with Gasteiger partial charge in [-0.15, -0.1) is 0 Å². The lowest BCUT2D eigenvalue weighted by Gasteiger charge is -2.26. The summed E-state index contributed by atoms with van der Waals surface area (Å²) < 4.78 is 71.0. The quantitative estimate of drug-likeness (QED) is 0.313. The number of carbonyl (C=O) groups is 1. The van der Waals surface area contributed by atoms with E-state index >= 15 is 0 Å². The molecule has 1 amide bonds. The number of sulfonamides is 2. The number of rotatable bonds is 12. The average molecular weight is 604 g/mol. The van der Waals surface area contributed by atoms with E-state index in [1.165, 1.54) is 35.7 Å². The molecular formula is C28H33N3O8S2. The Hall–Kier alpha value is -3.65. The first-order chi connectivity index (χ1) is 19.6. The van der Waals surface area contributed by atoms with Crippen LogP contribution in [-0.2, 0) is 29.6 Å². The van der Waals surface area contributed by atoms with Crippen molar-refractivity contribution in [3.05, 3.63) is 78.4 Å². The highest BCUT2D eigenvalue weighted by Gasteiger charge is 2.28. The van der Waals surface area contributed by atoms with E-state index in [0.717, 1.165) is 9.87 Å². The predicted molar refractivity (Wildman–Crippen MR) is 153 cm³/mol. The lowest BCUT2D eigenvalue weighted by atomic mass is 10.2. The first-order valence-electron chi connectivity index (χ1n) is 12.9. The predicted octanol–water partition coefficient (Wildman–Crippen LogP) is 2.42. The fourth-order valence-electron chi connectivity index (χ4n) is 4.09. The van der Waals surface area contributed by atoms with Crippen LogP contribution < -0.4 is 19.1 Å². The summed E-state index contributed by atoms with van der Waals surface area (Å²) in [5.41, 5.74) is 1.22. The largest absolute Gasteiger partial charge is 0.497 e. The third-order valence-electron chi connectivity index (χ3n) is 6.38. The Balaban J connectivity index is 1.36. The molecule has 0 atom stereocenters. The summed E-state index contributed by atoms with van der Waals surface area (Å²) >= 11 is 0. The van der Waals surface area contributed by atoms with Crippen LogP contribution in [-0.4, -0.2) is 80.2 Å². The molecule has 0 aliphatic carbocycles. The molecule has 1 N–H and O–H groups in total. The number of amides is 1. The highest BCUT2D eigenvalue weighted by molar-refractivity contribution is 7.92. The molecule has 0 unspecified atom stereocenters. The van der Waals surface area contributed by atoms with Crippen LogP contribution in [0.15, 0.2) is 82.6 Å². The molecule has 1 aliphatic rings. The topological polar surface area (TPSA) is 132 Å². The lowest BCUT2D eigenvalue weighted by molar-refractivity contribution is -0.119. The Bertz CT molecular complexity index is 1520. The maximum Gasteiger partial charge on any atom is 0.264 e. The monoisotopic (exact) mass is 603 g/mol. The first-order valence-corrected chi connectivity index (χ1v) is 15.8. The van der Waals surface area contributed by atoms with E-state index in [2.05, 4.69) is 5.32 Å². The van der Waals surface area contributed by atoms with Gasteiger partial charge in [-0.1, -0.05) is 17.7 Å². The molecule has 0 radical (unpaired) electrons. The second-order valence-electron chi connectivity index (χ2n) is 9.21. The fourth-order valence-corrected chi connectivity index (χ4v) is 6.92. The molecule has 1 saturated heterocycles. The van der Waals surface area contributed by atoms with E-state index in [4.69, 9.17) is 14.2 Å². The number of hydrogen-bond donors (Lipinski definition) is 1. The zero-order valence-electron chi connectivity index (χ0n) is 22.9. The number of aryl methyl sites for hydroxylation is 1. The Labute approximate surface area is 240 Å². The maximum atomic E-state index is 13.5. The summed E-state index contributed by atoms with van der Waals surface area (Å²) in [4.78, 5) is 13.0. The van der Waals surface area contributed by atoms with Gasteiger partial charge in [0.2, 0.25) is 15.9 Å². The molecular weight excluding hydrogens is 570 g/mol. The molecule has 41 heavy (non-hydrogen) atoms. The van der Waals surface area contributed by atoms with Gasteiger partial charge in [-0.25, -0.2) is 16.8 Å². The summed E-state index contributed by atoms with van der Waals surface area (Å²) in [5.74, 6) is 0.462. The number of carbonyl (C=O) groups excluding carboxylic acids is 1. The van der Waals surface area contributed by atoms with Crippen molar-refractivity contribution in [1.29, 1.82) is 0 Å². The Morgan fingerprint density at radius 1 is 0.878 bits per heavy atom. The third-order valence-corrected chi connectivity index (χ3v) is 10.1. The molecule has 1 fully saturated rings. The van der Waals surface area contributed by atoms with Gasteiger partial charge in [-0.2, -0.15) is 4.31 Å². The first kappa shape index (κ1) is 30.3. The number of nitrogens with one attached hydrogen (secondary N) is 1. The van der Waals surface area contributed by atoms with Crippen LogP contribution in [0.1, 0.15) is 5.56 Å². The Kier molecular flexibility index (Phi) is 9.86. The fraction of sp³-hybridized carbons (Fsp3) is 0.321. The highest BCUT2D eigenvalue weighted by Crippen LogP contribution is 2.26. The van der Waals surface area contributed by atoms with Crippen LogP contribution in [0.25, 0.3) is 0 Å². The van der Waals surface area contributed by atoms with E-state index in [-0.39, 0.29) is 22.9 Å². The zero-order chi connectivity index (χ0) is 29.5. The molecule has 0 bridgehead atoms. The molecule has 3 aromatic carbocycles. The smallest absolute Gasteiger partial charge is 0.264 e. The Morgan fingerprint density at radius 2 is 1.46 bits per heavy atom. The molecule has 0 saturated carbocycles. The molecule has 13 heteroatoms. The van der Waals surface area contributed by atoms with Crippen LogP contribution >= 0.6 is 0 Å². The molecule has 0 spiro atoms. The van der Waals surface area contributed by atoms with E-state index in [9.17, 15) is 21.6 Å². The average Bonchev–Trinajstić information content (AvgIpc) is 2.99. The SMILES string of the molecule is COc1ccc(N(CC(=O)NCCOc2ccc(S(=O)(=O)N3CCOCC3)cc2)S(=O)(=O)c2ccc(C)cc2)cc1. The van der Waals surface area contributed by atoms with Gasteiger partial charge in [-0.3, -0.25) is 9.10 Å². The molecule has 1 aliphatic heterocycles. The van der Waals surface area contributed by atoms with Crippen molar-refractivity contribution in [3.63, 3.8) is 0 Å². The van der Waals surface area contributed by atoms with Crippen molar-refractivity contribution in [2.24, 2.45) is 0 Å².